The quantitative estimate of drug-likeness (QED) is 0.537. The molecule has 3 fully saturated rings. The second-order valence-electron chi connectivity index (χ2n) is 5.03. The first kappa shape index (κ1) is 7.11. The van der Waals surface area contributed by atoms with Crippen molar-refractivity contribution in [3.8, 4) is 0 Å². The minimum absolute atomic E-state index is 0.491. The molecule has 66 valence electrons. The molecule has 0 amide bonds. The van der Waals surface area contributed by atoms with E-state index in [2.05, 4.69) is 6.92 Å². The van der Waals surface area contributed by atoms with Crippen LogP contribution >= 0.6 is 0 Å². The molecule has 0 saturated heterocycles. The Bertz CT molecular complexity index is 245. The van der Waals surface area contributed by atoms with Gasteiger partial charge in [0.15, 0.2) is 0 Å². The maximum Gasteiger partial charge on any atom is 0.136 e. The maximum absolute atomic E-state index is 11.6. The molecule has 1 heteroatoms. The summed E-state index contributed by atoms with van der Waals surface area (Å²) < 4.78 is 0. The predicted molar refractivity (Wildman–Crippen MR) is 46.7 cm³/mol. The van der Waals surface area contributed by atoms with Gasteiger partial charge in [0.05, 0.1) is 0 Å². The van der Waals surface area contributed by atoms with E-state index in [1.54, 1.807) is 0 Å². The first-order valence-electron chi connectivity index (χ1n) is 5.28. The molecule has 1 nitrogen and oxygen atoms in total. The molecule has 0 aromatic carbocycles. The monoisotopic (exact) mass is 164 g/mol. The molecule has 3 saturated carbocycles. The molecular weight excluding hydrogens is 148 g/mol. The summed E-state index contributed by atoms with van der Waals surface area (Å²) >= 11 is 0. The van der Waals surface area contributed by atoms with Crippen LogP contribution in [-0.4, -0.2) is 5.78 Å². The molecule has 12 heavy (non-hydrogen) atoms. The van der Waals surface area contributed by atoms with E-state index in [1.807, 2.05) is 0 Å². The van der Waals surface area contributed by atoms with Crippen molar-refractivity contribution in [2.75, 3.05) is 0 Å². The number of hydrogen-bond donors (Lipinski definition) is 0. The second kappa shape index (κ2) is 1.94. The third-order valence-corrected chi connectivity index (χ3v) is 4.86. The highest BCUT2D eigenvalue weighted by molar-refractivity contribution is 5.86. The van der Waals surface area contributed by atoms with Gasteiger partial charge in [-0.1, -0.05) is 13.3 Å². The number of carbonyl (C=O) groups excluding carboxylic acids is 1. The molecule has 4 unspecified atom stereocenters. The van der Waals surface area contributed by atoms with Crippen molar-refractivity contribution in [1.29, 1.82) is 0 Å². The lowest BCUT2D eigenvalue weighted by Crippen LogP contribution is -2.51. The van der Waals surface area contributed by atoms with Gasteiger partial charge in [-0.25, -0.2) is 0 Å². The van der Waals surface area contributed by atoms with Gasteiger partial charge in [-0.05, 0) is 36.5 Å². The zero-order valence-electron chi connectivity index (χ0n) is 7.68. The Balaban J connectivity index is 2.00. The van der Waals surface area contributed by atoms with Crippen molar-refractivity contribution < 1.29 is 4.79 Å². The number of hydrogen-bond acceptors (Lipinski definition) is 1. The van der Waals surface area contributed by atoms with E-state index in [1.165, 1.54) is 25.7 Å². The molecule has 0 radical (unpaired) electrons. The summed E-state index contributed by atoms with van der Waals surface area (Å²) in [6.45, 7) is 2.29. The van der Waals surface area contributed by atoms with Crippen molar-refractivity contribution in [1.82, 2.24) is 0 Å². The van der Waals surface area contributed by atoms with Crippen molar-refractivity contribution in [2.24, 2.45) is 23.2 Å². The Hall–Kier alpha value is -0.330. The highest BCUT2D eigenvalue weighted by Gasteiger charge is 2.66. The van der Waals surface area contributed by atoms with Gasteiger partial charge in [0.1, 0.15) is 5.78 Å². The summed E-state index contributed by atoms with van der Waals surface area (Å²) in [6, 6.07) is 0. The molecule has 0 aliphatic heterocycles. The summed E-state index contributed by atoms with van der Waals surface area (Å²) in [6.07, 6.45) is 6.28. The lowest BCUT2D eigenvalue weighted by Gasteiger charge is -2.53. The summed E-state index contributed by atoms with van der Waals surface area (Å²) in [5.74, 6) is 2.72. The van der Waals surface area contributed by atoms with E-state index in [9.17, 15) is 4.79 Å². The van der Waals surface area contributed by atoms with E-state index in [4.69, 9.17) is 0 Å². The molecule has 0 aromatic heterocycles. The van der Waals surface area contributed by atoms with Crippen LogP contribution in [0.3, 0.4) is 0 Å². The van der Waals surface area contributed by atoms with E-state index in [0.29, 0.717) is 17.1 Å². The van der Waals surface area contributed by atoms with Gasteiger partial charge < -0.3 is 0 Å². The van der Waals surface area contributed by atoms with Crippen molar-refractivity contribution in [3.05, 3.63) is 0 Å². The van der Waals surface area contributed by atoms with Crippen LogP contribution in [0.4, 0.5) is 0 Å². The zero-order valence-corrected chi connectivity index (χ0v) is 7.68. The number of rotatable bonds is 0. The second-order valence-corrected chi connectivity index (χ2v) is 5.03. The average molecular weight is 164 g/mol. The lowest BCUT2D eigenvalue weighted by molar-refractivity contribution is -0.137. The van der Waals surface area contributed by atoms with Crippen LogP contribution in [-0.2, 0) is 4.79 Å². The molecule has 3 rings (SSSR count). The Morgan fingerprint density at radius 2 is 2.25 bits per heavy atom. The van der Waals surface area contributed by atoms with Crippen LogP contribution in [0.2, 0.25) is 0 Å². The van der Waals surface area contributed by atoms with Gasteiger partial charge >= 0.3 is 0 Å². The van der Waals surface area contributed by atoms with Gasteiger partial charge in [-0.2, -0.15) is 0 Å². The average Bonchev–Trinajstić information content (AvgIpc) is 2.54. The summed E-state index contributed by atoms with van der Waals surface area (Å²) in [4.78, 5) is 11.6. The first-order chi connectivity index (χ1) is 5.76. The molecule has 1 spiro atoms. The van der Waals surface area contributed by atoms with Crippen molar-refractivity contribution >= 4 is 5.78 Å². The maximum atomic E-state index is 11.6. The highest BCUT2D eigenvalue weighted by Crippen LogP contribution is 2.69. The number of ketones is 1. The largest absolute Gasteiger partial charge is 0.299 e. The van der Waals surface area contributed by atoms with Gasteiger partial charge in [-0.15, -0.1) is 0 Å². The Kier molecular flexibility index (Phi) is 1.15. The van der Waals surface area contributed by atoms with E-state index >= 15 is 0 Å². The van der Waals surface area contributed by atoms with Gasteiger partial charge in [-0.3, -0.25) is 4.79 Å². The fourth-order valence-corrected chi connectivity index (χ4v) is 4.53. The molecular formula is C11H16O. The number of carbonyl (C=O) groups is 1. The smallest absolute Gasteiger partial charge is 0.136 e. The third kappa shape index (κ3) is 0.541. The molecule has 0 N–H and O–H groups in total. The highest BCUT2D eigenvalue weighted by atomic mass is 16.1. The first-order valence-corrected chi connectivity index (χ1v) is 5.28. The Morgan fingerprint density at radius 3 is 3.08 bits per heavy atom. The van der Waals surface area contributed by atoms with E-state index < -0.39 is 0 Å². The molecule has 4 atom stereocenters. The Labute approximate surface area is 73.5 Å². The molecule has 3 aliphatic carbocycles. The van der Waals surface area contributed by atoms with Crippen LogP contribution in [0.25, 0.3) is 0 Å². The predicted octanol–water partition coefficient (Wildman–Crippen LogP) is 2.40. The molecule has 0 aromatic rings. The fourth-order valence-electron chi connectivity index (χ4n) is 4.53. The summed E-state index contributed by atoms with van der Waals surface area (Å²) in [7, 11) is 0. The van der Waals surface area contributed by atoms with Crippen LogP contribution < -0.4 is 0 Å². The SMILES string of the molecule is CC1C2CCCC23CCC(=O)C13. The summed E-state index contributed by atoms with van der Waals surface area (Å²) in [5.41, 5.74) is 0.538. The minimum Gasteiger partial charge on any atom is -0.299 e. The molecule has 0 bridgehead atoms. The minimum atomic E-state index is 0.491. The fraction of sp³-hybridized carbons (Fsp3) is 0.909. The lowest BCUT2D eigenvalue weighted by atomic mass is 9.50. The normalized spacial score (nSPS) is 56.4. The van der Waals surface area contributed by atoms with Gasteiger partial charge in [0.25, 0.3) is 0 Å². The summed E-state index contributed by atoms with van der Waals surface area (Å²) in [5, 5.41) is 0. The van der Waals surface area contributed by atoms with Gasteiger partial charge in [0.2, 0.25) is 0 Å². The van der Waals surface area contributed by atoms with Crippen LogP contribution in [0.5, 0.6) is 0 Å². The molecule has 3 aliphatic rings. The zero-order chi connectivity index (χ0) is 8.34. The van der Waals surface area contributed by atoms with Crippen molar-refractivity contribution in [3.63, 3.8) is 0 Å². The third-order valence-electron chi connectivity index (χ3n) is 4.86. The number of Topliss-reactive ketones (excluding diaryl/α,β-unsaturated/α-hetero) is 1. The van der Waals surface area contributed by atoms with E-state index in [-0.39, 0.29) is 0 Å². The van der Waals surface area contributed by atoms with Crippen LogP contribution in [0.1, 0.15) is 39.0 Å². The van der Waals surface area contributed by atoms with E-state index in [0.717, 1.165) is 18.3 Å². The standard InChI is InChI=1S/C11H16O/c1-7-8-3-2-5-11(8)6-4-9(12)10(7)11/h7-8,10H,2-6H2,1H3. The topological polar surface area (TPSA) is 17.1 Å². The Morgan fingerprint density at radius 1 is 1.42 bits per heavy atom. The van der Waals surface area contributed by atoms with Crippen molar-refractivity contribution in [2.45, 2.75) is 39.0 Å². The van der Waals surface area contributed by atoms with Crippen LogP contribution in [0.15, 0.2) is 0 Å². The van der Waals surface area contributed by atoms with Gasteiger partial charge in [0, 0.05) is 12.3 Å². The van der Waals surface area contributed by atoms with Crippen LogP contribution in [0, 0.1) is 23.2 Å². The molecule has 0 heterocycles.